The van der Waals surface area contributed by atoms with Gasteiger partial charge >= 0.3 is 5.97 Å². The van der Waals surface area contributed by atoms with Gasteiger partial charge in [0, 0.05) is 23.8 Å². The van der Waals surface area contributed by atoms with Crippen molar-refractivity contribution in [1.82, 2.24) is 14.5 Å². The summed E-state index contributed by atoms with van der Waals surface area (Å²) in [6.07, 6.45) is 3.62. The molecule has 1 aromatic carbocycles. The monoisotopic (exact) mass is 459 g/mol. The highest BCUT2D eigenvalue weighted by atomic mass is 32.1. The Hall–Kier alpha value is -3.85. The molecule has 9 heteroatoms. The van der Waals surface area contributed by atoms with Gasteiger partial charge in [-0.3, -0.25) is 14.3 Å². The second-order valence-electron chi connectivity index (χ2n) is 7.77. The smallest absolute Gasteiger partial charge is 0.350 e. The Bertz CT molecular complexity index is 1450. The SMILES string of the molecule is COC(=O)c1sc(C)c2c1N=C(c1ccc(-n3c(C)nc4cnccc43)cc1)CC(=O)N2C. The minimum atomic E-state index is -0.456. The molecular formula is C24H21N5O3S. The fourth-order valence-corrected chi connectivity index (χ4v) is 5.21. The first kappa shape index (κ1) is 21.0. The molecule has 3 aromatic heterocycles. The first-order valence-corrected chi connectivity index (χ1v) is 11.2. The Labute approximate surface area is 194 Å². The quantitative estimate of drug-likeness (QED) is 0.424. The van der Waals surface area contributed by atoms with Crippen LogP contribution < -0.4 is 4.90 Å². The van der Waals surface area contributed by atoms with Gasteiger partial charge in [-0.1, -0.05) is 12.1 Å². The molecule has 0 unspecified atom stereocenters. The first-order valence-electron chi connectivity index (χ1n) is 10.3. The van der Waals surface area contributed by atoms with E-state index in [1.807, 2.05) is 44.2 Å². The molecular weight excluding hydrogens is 438 g/mol. The predicted octanol–water partition coefficient (Wildman–Crippen LogP) is 4.37. The van der Waals surface area contributed by atoms with E-state index in [0.717, 1.165) is 33.0 Å². The lowest BCUT2D eigenvalue weighted by atomic mass is 10.1. The molecule has 1 aliphatic rings. The Morgan fingerprint density at radius 1 is 1.15 bits per heavy atom. The summed E-state index contributed by atoms with van der Waals surface area (Å²) in [7, 11) is 3.06. The average molecular weight is 460 g/mol. The van der Waals surface area contributed by atoms with E-state index in [-0.39, 0.29) is 12.3 Å². The van der Waals surface area contributed by atoms with Crippen LogP contribution in [0.25, 0.3) is 16.7 Å². The van der Waals surface area contributed by atoms with E-state index >= 15 is 0 Å². The molecule has 4 aromatic rings. The summed E-state index contributed by atoms with van der Waals surface area (Å²) in [5.74, 6) is 0.316. The number of anilines is 1. The summed E-state index contributed by atoms with van der Waals surface area (Å²) < 4.78 is 7.01. The number of aryl methyl sites for hydroxylation is 2. The number of esters is 1. The molecule has 0 saturated carbocycles. The van der Waals surface area contributed by atoms with Crippen molar-refractivity contribution in [3.63, 3.8) is 0 Å². The lowest BCUT2D eigenvalue weighted by molar-refractivity contribution is -0.117. The number of thiophene rings is 1. The lowest BCUT2D eigenvalue weighted by Crippen LogP contribution is -2.27. The number of carbonyl (C=O) groups is 2. The van der Waals surface area contributed by atoms with Gasteiger partial charge in [0.05, 0.1) is 36.6 Å². The molecule has 0 radical (unpaired) electrons. The molecule has 33 heavy (non-hydrogen) atoms. The van der Waals surface area contributed by atoms with Crippen LogP contribution in [0, 0.1) is 13.8 Å². The highest BCUT2D eigenvalue weighted by Gasteiger charge is 2.30. The summed E-state index contributed by atoms with van der Waals surface area (Å²) in [5.41, 5.74) is 5.32. The lowest BCUT2D eigenvalue weighted by Gasteiger charge is -2.15. The van der Waals surface area contributed by atoms with Gasteiger partial charge in [0.1, 0.15) is 21.9 Å². The third-order valence-electron chi connectivity index (χ3n) is 5.76. The van der Waals surface area contributed by atoms with E-state index < -0.39 is 5.97 Å². The second-order valence-corrected chi connectivity index (χ2v) is 8.99. The number of benzene rings is 1. The zero-order chi connectivity index (χ0) is 23.3. The van der Waals surface area contributed by atoms with Crippen molar-refractivity contribution in [3.05, 3.63) is 63.9 Å². The number of aliphatic imine (C=N–C) groups is 1. The number of ether oxygens (including phenoxy) is 1. The number of hydrogen-bond donors (Lipinski definition) is 0. The normalized spacial score (nSPS) is 13.6. The number of pyridine rings is 1. The maximum absolute atomic E-state index is 12.9. The van der Waals surface area contributed by atoms with Crippen LogP contribution in [0.3, 0.4) is 0 Å². The number of aromatic nitrogens is 3. The van der Waals surface area contributed by atoms with Gasteiger partial charge < -0.3 is 9.64 Å². The summed E-state index contributed by atoms with van der Waals surface area (Å²) in [6.45, 7) is 3.83. The van der Waals surface area contributed by atoms with Gasteiger partial charge in [-0.25, -0.2) is 14.8 Å². The van der Waals surface area contributed by atoms with Crippen LogP contribution in [0.1, 0.15) is 32.4 Å². The zero-order valence-corrected chi connectivity index (χ0v) is 19.4. The maximum atomic E-state index is 12.9. The molecule has 0 N–H and O–H groups in total. The molecule has 0 saturated heterocycles. The number of nitrogens with zero attached hydrogens (tertiary/aromatic N) is 5. The first-order chi connectivity index (χ1) is 15.9. The molecule has 0 aliphatic carbocycles. The summed E-state index contributed by atoms with van der Waals surface area (Å²) in [5, 5.41) is 0. The number of imidazole rings is 1. The molecule has 0 atom stereocenters. The third kappa shape index (κ3) is 3.41. The number of carbonyl (C=O) groups excluding carboxylic acids is 2. The number of fused-ring (bicyclic) bond motifs is 2. The summed E-state index contributed by atoms with van der Waals surface area (Å²) in [6, 6.07) is 9.77. The van der Waals surface area contributed by atoms with Gasteiger partial charge in [0.2, 0.25) is 5.91 Å². The van der Waals surface area contributed by atoms with Crippen molar-refractivity contribution in [3.8, 4) is 5.69 Å². The minimum absolute atomic E-state index is 0.0853. The molecule has 8 nitrogen and oxygen atoms in total. The van der Waals surface area contributed by atoms with E-state index in [2.05, 4.69) is 14.5 Å². The van der Waals surface area contributed by atoms with Gasteiger partial charge in [-0.15, -0.1) is 11.3 Å². The summed E-state index contributed by atoms with van der Waals surface area (Å²) in [4.78, 5) is 41.6. The van der Waals surface area contributed by atoms with Crippen molar-refractivity contribution >= 4 is 51.3 Å². The Morgan fingerprint density at radius 3 is 2.64 bits per heavy atom. The largest absolute Gasteiger partial charge is 0.465 e. The van der Waals surface area contributed by atoms with Gasteiger partial charge in [-0.2, -0.15) is 0 Å². The zero-order valence-electron chi connectivity index (χ0n) is 18.6. The van der Waals surface area contributed by atoms with E-state index in [0.29, 0.717) is 22.0 Å². The van der Waals surface area contributed by atoms with Crippen LogP contribution in [-0.4, -0.2) is 46.3 Å². The number of methoxy groups -OCH3 is 1. The number of amides is 1. The fourth-order valence-electron chi connectivity index (χ4n) is 4.16. The molecule has 166 valence electrons. The number of hydrogen-bond acceptors (Lipinski definition) is 7. The Balaban J connectivity index is 1.60. The van der Waals surface area contributed by atoms with Gasteiger partial charge in [-0.05, 0) is 37.6 Å². The van der Waals surface area contributed by atoms with Crippen LogP contribution in [0.4, 0.5) is 11.4 Å². The minimum Gasteiger partial charge on any atom is -0.465 e. The Kier molecular flexibility index (Phi) is 5.05. The Morgan fingerprint density at radius 2 is 1.91 bits per heavy atom. The topological polar surface area (TPSA) is 89.7 Å². The molecule has 4 heterocycles. The van der Waals surface area contributed by atoms with E-state index in [9.17, 15) is 9.59 Å². The van der Waals surface area contributed by atoms with Crippen LogP contribution in [-0.2, 0) is 9.53 Å². The van der Waals surface area contributed by atoms with Crippen molar-refractivity contribution in [2.45, 2.75) is 20.3 Å². The molecule has 1 aliphatic heterocycles. The van der Waals surface area contributed by atoms with E-state index in [1.165, 1.54) is 18.4 Å². The third-order valence-corrected chi connectivity index (χ3v) is 6.82. The second kappa shape index (κ2) is 7.93. The van der Waals surface area contributed by atoms with Crippen LogP contribution in [0.5, 0.6) is 0 Å². The highest BCUT2D eigenvalue weighted by molar-refractivity contribution is 7.15. The standard InChI is InChI=1S/C24H21N5O3S/c1-13-22-21(23(33-13)24(31)32-4)27-17(11-20(30)28(22)3)15-5-7-16(8-6-15)29-14(2)26-18-12-25-10-9-19(18)29/h5-10,12H,11H2,1-4H3. The molecule has 0 bridgehead atoms. The van der Waals surface area contributed by atoms with E-state index in [1.54, 1.807) is 24.3 Å². The van der Waals surface area contributed by atoms with E-state index in [4.69, 9.17) is 9.73 Å². The maximum Gasteiger partial charge on any atom is 0.350 e. The average Bonchev–Trinajstić information content (AvgIpc) is 3.28. The van der Waals surface area contributed by atoms with Crippen LogP contribution >= 0.6 is 11.3 Å². The molecule has 0 fully saturated rings. The highest BCUT2D eigenvalue weighted by Crippen LogP contribution is 2.44. The molecule has 1 amide bonds. The fraction of sp³-hybridized carbons (Fsp3) is 0.208. The number of rotatable bonds is 3. The predicted molar refractivity (Wildman–Crippen MR) is 128 cm³/mol. The van der Waals surface area contributed by atoms with Crippen molar-refractivity contribution < 1.29 is 14.3 Å². The van der Waals surface area contributed by atoms with Gasteiger partial charge in [0.15, 0.2) is 0 Å². The van der Waals surface area contributed by atoms with Gasteiger partial charge in [0.25, 0.3) is 0 Å². The van der Waals surface area contributed by atoms with Crippen molar-refractivity contribution in [2.75, 3.05) is 19.1 Å². The van der Waals surface area contributed by atoms with Crippen molar-refractivity contribution in [1.29, 1.82) is 0 Å². The van der Waals surface area contributed by atoms with Crippen LogP contribution in [0.15, 0.2) is 47.7 Å². The molecule has 5 rings (SSSR count). The van der Waals surface area contributed by atoms with Crippen molar-refractivity contribution in [2.24, 2.45) is 4.99 Å². The molecule has 0 spiro atoms. The van der Waals surface area contributed by atoms with Crippen LogP contribution in [0.2, 0.25) is 0 Å². The summed E-state index contributed by atoms with van der Waals surface area (Å²) >= 11 is 1.29.